The molecule has 1 aromatic rings. The minimum absolute atomic E-state index is 0.132. The summed E-state index contributed by atoms with van der Waals surface area (Å²) in [5, 5.41) is 24.2. The lowest BCUT2D eigenvalue weighted by molar-refractivity contribution is 0.00337. The summed E-state index contributed by atoms with van der Waals surface area (Å²) in [7, 11) is 0. The highest BCUT2D eigenvalue weighted by Gasteiger charge is 2.57. The molecule has 0 aliphatic carbocycles. The van der Waals surface area contributed by atoms with E-state index < -0.39 is 11.5 Å². The molecule has 2 aliphatic heterocycles. The highest BCUT2D eigenvalue weighted by atomic mass is 16.5. The summed E-state index contributed by atoms with van der Waals surface area (Å²) < 4.78 is 7.51. The second-order valence-corrected chi connectivity index (χ2v) is 5.21. The summed E-state index contributed by atoms with van der Waals surface area (Å²) in [5.41, 5.74) is -0.0700. The Balaban J connectivity index is 1.91. The van der Waals surface area contributed by atoms with Crippen molar-refractivity contribution in [1.29, 1.82) is 5.26 Å². The van der Waals surface area contributed by atoms with Crippen LogP contribution in [0.15, 0.2) is 12.4 Å². The first-order valence-electron chi connectivity index (χ1n) is 6.46. The molecule has 3 heterocycles. The van der Waals surface area contributed by atoms with E-state index in [1.54, 1.807) is 10.9 Å². The normalized spacial score (nSPS) is 35.6. The zero-order chi connectivity index (χ0) is 12.8. The fourth-order valence-corrected chi connectivity index (χ4v) is 3.20. The van der Waals surface area contributed by atoms with E-state index in [0.717, 1.165) is 24.9 Å². The van der Waals surface area contributed by atoms with Crippen LogP contribution in [0.4, 0.5) is 0 Å². The summed E-state index contributed by atoms with van der Waals surface area (Å²) >= 11 is 0. The van der Waals surface area contributed by atoms with Gasteiger partial charge < -0.3 is 9.84 Å². The Labute approximate surface area is 106 Å². The summed E-state index contributed by atoms with van der Waals surface area (Å²) in [6.45, 7) is 2.75. The number of nitriles is 1. The monoisotopic (exact) mass is 247 g/mol. The fourth-order valence-electron chi connectivity index (χ4n) is 3.20. The van der Waals surface area contributed by atoms with Gasteiger partial charge in [0.25, 0.3) is 0 Å². The zero-order valence-corrected chi connectivity index (χ0v) is 10.4. The molecule has 0 spiro atoms. The third kappa shape index (κ3) is 1.49. The molecule has 4 unspecified atom stereocenters. The van der Waals surface area contributed by atoms with Gasteiger partial charge in [-0.3, -0.25) is 4.68 Å². The maximum absolute atomic E-state index is 10.5. The highest BCUT2D eigenvalue weighted by Crippen LogP contribution is 2.53. The molecule has 2 aliphatic rings. The van der Waals surface area contributed by atoms with Gasteiger partial charge >= 0.3 is 0 Å². The van der Waals surface area contributed by atoms with Crippen molar-refractivity contribution in [3.63, 3.8) is 0 Å². The molecule has 5 heteroatoms. The smallest absolute Gasteiger partial charge is 0.116 e. The van der Waals surface area contributed by atoms with E-state index in [-0.39, 0.29) is 12.2 Å². The van der Waals surface area contributed by atoms with Crippen LogP contribution < -0.4 is 0 Å². The molecular formula is C13H17N3O2. The van der Waals surface area contributed by atoms with Crippen molar-refractivity contribution in [2.45, 2.75) is 51.0 Å². The molecule has 0 aromatic carbocycles. The number of aromatic nitrogens is 2. The van der Waals surface area contributed by atoms with Gasteiger partial charge in [-0.1, -0.05) is 0 Å². The van der Waals surface area contributed by atoms with Crippen LogP contribution in [0.3, 0.4) is 0 Å². The molecule has 0 radical (unpaired) electrons. The van der Waals surface area contributed by atoms with Crippen LogP contribution in [0.2, 0.25) is 0 Å². The van der Waals surface area contributed by atoms with Crippen molar-refractivity contribution in [2.24, 2.45) is 5.41 Å². The molecule has 0 amide bonds. The SMILES string of the molecule is CCn1cc(C(O)C2(C#N)CC3CCC2O3)cn1. The summed E-state index contributed by atoms with van der Waals surface area (Å²) in [5.74, 6) is 0. The van der Waals surface area contributed by atoms with Crippen molar-refractivity contribution >= 4 is 0 Å². The standard InChI is InChI=1S/C13H17N3O2/c1-2-16-7-9(6-15-16)12(17)13(8-14)5-10-3-4-11(13)18-10/h6-7,10-12,17H,2-5H2,1H3. The Morgan fingerprint density at radius 1 is 1.72 bits per heavy atom. The van der Waals surface area contributed by atoms with E-state index in [1.165, 1.54) is 0 Å². The predicted molar refractivity (Wildman–Crippen MR) is 63.4 cm³/mol. The summed E-state index contributed by atoms with van der Waals surface area (Å²) in [6.07, 6.45) is 5.18. The van der Waals surface area contributed by atoms with Gasteiger partial charge in [-0.25, -0.2) is 0 Å². The lowest BCUT2D eigenvalue weighted by Gasteiger charge is -2.32. The Kier molecular flexibility index (Phi) is 2.65. The Morgan fingerprint density at radius 2 is 2.56 bits per heavy atom. The minimum atomic E-state index is -0.807. The van der Waals surface area contributed by atoms with Gasteiger partial charge in [0, 0.05) is 18.3 Å². The number of ether oxygens (including phenoxy) is 1. The average Bonchev–Trinajstić information content (AvgIpc) is 3.12. The van der Waals surface area contributed by atoms with Gasteiger partial charge in [0.05, 0.1) is 24.5 Å². The molecule has 2 fully saturated rings. The topological polar surface area (TPSA) is 71.1 Å². The number of aliphatic hydroxyl groups is 1. The van der Waals surface area contributed by atoms with Crippen LogP contribution in [0, 0.1) is 16.7 Å². The first kappa shape index (κ1) is 11.7. The zero-order valence-electron chi connectivity index (χ0n) is 10.4. The Hall–Kier alpha value is -1.38. The second kappa shape index (κ2) is 4.08. The number of hydrogen-bond acceptors (Lipinski definition) is 4. The van der Waals surface area contributed by atoms with Gasteiger partial charge in [-0.2, -0.15) is 10.4 Å². The molecule has 1 aromatic heterocycles. The van der Waals surface area contributed by atoms with E-state index in [0.29, 0.717) is 6.42 Å². The number of aryl methyl sites for hydroxylation is 1. The van der Waals surface area contributed by atoms with E-state index in [2.05, 4.69) is 11.2 Å². The van der Waals surface area contributed by atoms with Crippen molar-refractivity contribution in [3.05, 3.63) is 18.0 Å². The summed E-state index contributed by atoms with van der Waals surface area (Å²) in [6, 6.07) is 2.32. The molecule has 2 bridgehead atoms. The van der Waals surface area contributed by atoms with Crippen LogP contribution in [0.25, 0.3) is 0 Å². The van der Waals surface area contributed by atoms with Gasteiger partial charge in [0.1, 0.15) is 11.5 Å². The first-order chi connectivity index (χ1) is 8.69. The van der Waals surface area contributed by atoms with Crippen molar-refractivity contribution in [1.82, 2.24) is 9.78 Å². The first-order valence-corrected chi connectivity index (χ1v) is 6.46. The maximum Gasteiger partial charge on any atom is 0.116 e. The van der Waals surface area contributed by atoms with Gasteiger partial charge in [0.15, 0.2) is 0 Å². The molecule has 0 saturated carbocycles. The maximum atomic E-state index is 10.5. The molecule has 5 nitrogen and oxygen atoms in total. The quantitative estimate of drug-likeness (QED) is 0.876. The predicted octanol–water partition coefficient (Wildman–Crippen LogP) is 1.40. The van der Waals surface area contributed by atoms with E-state index >= 15 is 0 Å². The van der Waals surface area contributed by atoms with E-state index in [9.17, 15) is 10.4 Å². The minimum Gasteiger partial charge on any atom is -0.387 e. The molecule has 1 N–H and O–H groups in total. The molecule has 18 heavy (non-hydrogen) atoms. The molecule has 3 rings (SSSR count). The van der Waals surface area contributed by atoms with Gasteiger partial charge in [0.2, 0.25) is 0 Å². The van der Waals surface area contributed by atoms with Crippen molar-refractivity contribution < 1.29 is 9.84 Å². The largest absolute Gasteiger partial charge is 0.387 e. The third-order valence-electron chi connectivity index (χ3n) is 4.24. The number of rotatable bonds is 3. The van der Waals surface area contributed by atoms with E-state index in [1.807, 2.05) is 13.1 Å². The lowest BCUT2D eigenvalue weighted by atomic mass is 9.70. The molecule has 96 valence electrons. The van der Waals surface area contributed by atoms with Crippen LogP contribution >= 0.6 is 0 Å². The number of hydrogen-bond donors (Lipinski definition) is 1. The number of nitrogens with zero attached hydrogens (tertiary/aromatic N) is 3. The van der Waals surface area contributed by atoms with Crippen LogP contribution in [0.1, 0.15) is 37.9 Å². The van der Waals surface area contributed by atoms with Crippen molar-refractivity contribution in [2.75, 3.05) is 0 Å². The molecule has 2 saturated heterocycles. The van der Waals surface area contributed by atoms with Crippen molar-refractivity contribution in [3.8, 4) is 6.07 Å². The van der Waals surface area contributed by atoms with Gasteiger partial charge in [-0.05, 0) is 26.2 Å². The highest BCUT2D eigenvalue weighted by molar-refractivity contribution is 5.23. The second-order valence-electron chi connectivity index (χ2n) is 5.21. The fraction of sp³-hybridized carbons (Fsp3) is 0.692. The van der Waals surface area contributed by atoms with Gasteiger partial charge in [-0.15, -0.1) is 0 Å². The lowest BCUT2D eigenvalue weighted by Crippen LogP contribution is -2.37. The van der Waals surface area contributed by atoms with Crippen LogP contribution in [0.5, 0.6) is 0 Å². The molecule has 4 atom stereocenters. The third-order valence-corrected chi connectivity index (χ3v) is 4.24. The average molecular weight is 247 g/mol. The van der Waals surface area contributed by atoms with Crippen LogP contribution in [-0.2, 0) is 11.3 Å². The summed E-state index contributed by atoms with van der Waals surface area (Å²) in [4.78, 5) is 0. The van der Waals surface area contributed by atoms with E-state index in [4.69, 9.17) is 4.74 Å². The number of aliphatic hydroxyl groups excluding tert-OH is 1. The van der Waals surface area contributed by atoms with Crippen LogP contribution in [-0.4, -0.2) is 27.1 Å². The Bertz CT molecular complexity index is 493. The molecular weight excluding hydrogens is 230 g/mol. The number of fused-ring (bicyclic) bond motifs is 2. The Morgan fingerprint density at radius 3 is 3.06 bits per heavy atom.